The summed E-state index contributed by atoms with van der Waals surface area (Å²) in [4.78, 5) is 0. The van der Waals surface area contributed by atoms with Crippen LogP contribution in [0.2, 0.25) is 0 Å². The van der Waals surface area contributed by atoms with Crippen molar-refractivity contribution in [1.82, 2.24) is 4.72 Å². The van der Waals surface area contributed by atoms with Crippen LogP contribution >= 0.6 is 0 Å². The fourth-order valence-electron chi connectivity index (χ4n) is 2.21. The molecule has 0 aliphatic carbocycles. The Bertz CT molecular complexity index is 471. The maximum absolute atomic E-state index is 12.0. The van der Waals surface area contributed by atoms with E-state index in [9.17, 15) is 16.8 Å². The molecule has 1 atom stereocenters. The molecule has 0 radical (unpaired) electrons. The zero-order valence-electron chi connectivity index (χ0n) is 11.5. The van der Waals surface area contributed by atoms with E-state index >= 15 is 0 Å². The first kappa shape index (κ1) is 16.9. The van der Waals surface area contributed by atoms with Gasteiger partial charge in [-0.05, 0) is 25.2 Å². The first-order valence-electron chi connectivity index (χ1n) is 6.57. The minimum Gasteiger partial charge on any atom is -0.327 e. The van der Waals surface area contributed by atoms with Crippen molar-refractivity contribution < 1.29 is 16.8 Å². The summed E-state index contributed by atoms with van der Waals surface area (Å²) in [6.45, 7) is 4.27. The Hall–Kier alpha value is -0.180. The van der Waals surface area contributed by atoms with E-state index in [1.54, 1.807) is 0 Å². The van der Waals surface area contributed by atoms with Gasteiger partial charge in [0, 0.05) is 12.6 Å². The van der Waals surface area contributed by atoms with E-state index in [1.165, 1.54) is 0 Å². The van der Waals surface area contributed by atoms with Gasteiger partial charge in [0.15, 0.2) is 0 Å². The van der Waals surface area contributed by atoms with Crippen molar-refractivity contribution >= 4 is 19.9 Å². The largest absolute Gasteiger partial charge is 0.327 e. The van der Waals surface area contributed by atoms with Crippen molar-refractivity contribution in [2.45, 2.75) is 44.4 Å². The van der Waals surface area contributed by atoms with Crippen LogP contribution in [-0.4, -0.2) is 46.2 Å². The van der Waals surface area contributed by atoms with Crippen LogP contribution in [0.3, 0.4) is 0 Å². The number of hydrogen-bond acceptors (Lipinski definition) is 5. The Kier molecular flexibility index (Phi) is 5.78. The molecule has 6 nitrogen and oxygen atoms in total. The maximum atomic E-state index is 12.0. The lowest BCUT2D eigenvalue weighted by atomic mass is 10.1. The zero-order chi connectivity index (χ0) is 14.7. The molecule has 0 bridgehead atoms. The van der Waals surface area contributed by atoms with E-state index < -0.39 is 25.1 Å². The molecule has 0 aromatic carbocycles. The predicted molar refractivity (Wildman–Crippen MR) is 76.0 cm³/mol. The van der Waals surface area contributed by atoms with E-state index in [1.807, 2.05) is 13.8 Å². The van der Waals surface area contributed by atoms with Crippen molar-refractivity contribution in [2.24, 2.45) is 11.7 Å². The van der Waals surface area contributed by atoms with Crippen LogP contribution < -0.4 is 10.5 Å². The minimum absolute atomic E-state index is 0.0450. The zero-order valence-corrected chi connectivity index (χ0v) is 13.1. The van der Waals surface area contributed by atoms with E-state index in [0.29, 0.717) is 5.92 Å². The second-order valence-corrected chi connectivity index (χ2v) is 9.98. The highest BCUT2D eigenvalue weighted by Crippen LogP contribution is 2.18. The molecule has 1 aliphatic rings. The standard InChI is InChI=1S/C11H24N2O4S2/c1-9(2)7-10(12)8-13-19(16,17)11-3-5-18(14,15)6-4-11/h9-11,13H,3-8,12H2,1-2H3. The average Bonchev–Trinajstić information content (AvgIpc) is 2.25. The second-order valence-electron chi connectivity index (χ2n) is 5.63. The molecule has 114 valence electrons. The summed E-state index contributed by atoms with van der Waals surface area (Å²) in [5.74, 6) is 0.326. The summed E-state index contributed by atoms with van der Waals surface area (Å²) in [5, 5.41) is -0.609. The normalized spacial score (nSPS) is 22.5. The Morgan fingerprint density at radius 1 is 1.26 bits per heavy atom. The molecule has 1 rings (SSSR count). The first-order chi connectivity index (χ1) is 8.62. The average molecular weight is 312 g/mol. The highest BCUT2D eigenvalue weighted by Gasteiger charge is 2.32. The van der Waals surface area contributed by atoms with Crippen LogP contribution in [-0.2, 0) is 19.9 Å². The highest BCUT2D eigenvalue weighted by molar-refractivity contribution is 7.92. The van der Waals surface area contributed by atoms with Crippen LogP contribution in [0.1, 0.15) is 33.1 Å². The monoisotopic (exact) mass is 312 g/mol. The van der Waals surface area contributed by atoms with E-state index in [0.717, 1.165) is 6.42 Å². The van der Waals surface area contributed by atoms with Crippen LogP contribution in [0.15, 0.2) is 0 Å². The van der Waals surface area contributed by atoms with Gasteiger partial charge in [0.1, 0.15) is 9.84 Å². The third-order valence-electron chi connectivity index (χ3n) is 3.26. The molecule has 0 spiro atoms. The third kappa shape index (κ3) is 5.76. The number of sulfonamides is 1. The van der Waals surface area contributed by atoms with Gasteiger partial charge in [-0.2, -0.15) is 0 Å². The molecular formula is C11H24N2O4S2. The summed E-state index contributed by atoms with van der Waals surface area (Å²) in [6, 6.07) is -0.206. The lowest BCUT2D eigenvalue weighted by molar-refractivity contribution is 0.481. The van der Waals surface area contributed by atoms with Crippen LogP contribution in [0, 0.1) is 5.92 Å². The van der Waals surface area contributed by atoms with Gasteiger partial charge in [0.25, 0.3) is 0 Å². The number of rotatable bonds is 6. The molecule has 19 heavy (non-hydrogen) atoms. The summed E-state index contributed by atoms with van der Waals surface area (Å²) in [6.07, 6.45) is 1.11. The minimum atomic E-state index is -3.46. The number of nitrogens with one attached hydrogen (secondary N) is 1. The highest BCUT2D eigenvalue weighted by atomic mass is 32.2. The summed E-state index contributed by atoms with van der Waals surface area (Å²) in [5.41, 5.74) is 5.83. The molecular weight excluding hydrogens is 288 g/mol. The lowest BCUT2D eigenvalue weighted by Crippen LogP contribution is -2.44. The van der Waals surface area contributed by atoms with Crippen molar-refractivity contribution in [2.75, 3.05) is 18.1 Å². The van der Waals surface area contributed by atoms with Gasteiger partial charge in [-0.1, -0.05) is 13.8 Å². The van der Waals surface area contributed by atoms with Crippen LogP contribution in [0.25, 0.3) is 0 Å². The first-order valence-corrected chi connectivity index (χ1v) is 9.93. The summed E-state index contributed by atoms with van der Waals surface area (Å²) in [7, 11) is -6.50. The fourth-order valence-corrected chi connectivity index (χ4v) is 5.54. The Balaban J connectivity index is 2.49. The molecule has 1 fully saturated rings. The lowest BCUT2D eigenvalue weighted by Gasteiger charge is -2.23. The quantitative estimate of drug-likeness (QED) is 0.710. The number of sulfone groups is 1. The maximum Gasteiger partial charge on any atom is 0.214 e. The third-order valence-corrected chi connectivity index (χ3v) is 6.89. The van der Waals surface area contributed by atoms with Gasteiger partial charge in [-0.3, -0.25) is 0 Å². The topological polar surface area (TPSA) is 106 Å². The van der Waals surface area contributed by atoms with Gasteiger partial charge >= 0.3 is 0 Å². The molecule has 8 heteroatoms. The Morgan fingerprint density at radius 3 is 2.26 bits per heavy atom. The SMILES string of the molecule is CC(C)CC(N)CNS(=O)(=O)C1CCS(=O)(=O)CC1. The summed E-state index contributed by atoms with van der Waals surface area (Å²) >= 11 is 0. The van der Waals surface area contributed by atoms with Gasteiger partial charge < -0.3 is 5.73 Å². The smallest absolute Gasteiger partial charge is 0.214 e. The molecule has 1 saturated heterocycles. The Labute approximate surface area is 116 Å². The molecule has 3 N–H and O–H groups in total. The van der Waals surface area contributed by atoms with Gasteiger partial charge in [0.2, 0.25) is 10.0 Å². The molecule has 0 aromatic heterocycles. The van der Waals surface area contributed by atoms with Crippen molar-refractivity contribution in [1.29, 1.82) is 0 Å². The van der Waals surface area contributed by atoms with E-state index in [4.69, 9.17) is 5.73 Å². The molecule has 1 aliphatic heterocycles. The molecule has 0 aromatic rings. The van der Waals surface area contributed by atoms with Crippen molar-refractivity contribution in [3.8, 4) is 0 Å². The molecule has 1 unspecified atom stereocenters. The van der Waals surface area contributed by atoms with Crippen molar-refractivity contribution in [3.63, 3.8) is 0 Å². The predicted octanol–water partition coefficient (Wildman–Crippen LogP) is -0.144. The van der Waals surface area contributed by atoms with E-state index in [2.05, 4.69) is 4.72 Å². The summed E-state index contributed by atoms with van der Waals surface area (Å²) < 4.78 is 49.1. The number of nitrogens with two attached hydrogens (primary N) is 1. The van der Waals surface area contributed by atoms with Gasteiger partial charge in [0.05, 0.1) is 16.8 Å². The van der Waals surface area contributed by atoms with Gasteiger partial charge in [-0.15, -0.1) is 0 Å². The molecule has 0 saturated carbocycles. The molecule has 1 heterocycles. The van der Waals surface area contributed by atoms with Gasteiger partial charge in [-0.25, -0.2) is 21.6 Å². The van der Waals surface area contributed by atoms with Crippen LogP contribution in [0.4, 0.5) is 0 Å². The Morgan fingerprint density at radius 2 is 1.79 bits per heavy atom. The van der Waals surface area contributed by atoms with Crippen LogP contribution in [0.5, 0.6) is 0 Å². The van der Waals surface area contributed by atoms with Crippen molar-refractivity contribution in [3.05, 3.63) is 0 Å². The van der Waals surface area contributed by atoms with E-state index in [-0.39, 0.29) is 36.9 Å². The second kappa shape index (κ2) is 6.51. The fraction of sp³-hybridized carbons (Fsp3) is 1.00. The number of hydrogen-bond donors (Lipinski definition) is 2. The molecule has 0 amide bonds.